The van der Waals surface area contributed by atoms with Crippen LogP contribution in [0.1, 0.15) is 152 Å². The molecular weight excluding hydrogens is 2150 g/mol. The number of nitrogen functional groups attached to an aromatic ring is 3. The van der Waals surface area contributed by atoms with Gasteiger partial charge < -0.3 is 85.6 Å². The number of aryl methyl sites for hydroxylation is 4. The third kappa shape index (κ3) is 40.9. The number of hydrogen-bond acceptors (Lipinski definition) is 25. The number of sulfone groups is 1. The highest BCUT2D eigenvalue weighted by Crippen LogP contribution is 2.37. The molecule has 0 fully saturated rings. The summed E-state index contributed by atoms with van der Waals surface area (Å²) < 4.78 is 127. The smallest absolute Gasteiger partial charge is 0.508 e. The van der Waals surface area contributed by atoms with Crippen molar-refractivity contribution < 1.29 is 108 Å². The molecule has 25 nitrogen and oxygen atoms in total. The van der Waals surface area contributed by atoms with Crippen molar-refractivity contribution in [3.8, 4) is 23.0 Å². The van der Waals surface area contributed by atoms with E-state index in [4.69, 9.17) is 67.4 Å². The van der Waals surface area contributed by atoms with Crippen LogP contribution in [0.25, 0.3) is 11.3 Å². The molecule has 12 N–H and O–H groups in total. The summed E-state index contributed by atoms with van der Waals surface area (Å²) in [4.78, 5) is 45.0. The molecule has 0 bridgehead atoms. The predicted octanol–water partition coefficient (Wildman–Crippen LogP) is 21.5. The van der Waals surface area contributed by atoms with E-state index in [1.165, 1.54) is 52.9 Å². The Morgan fingerprint density at radius 2 is 0.955 bits per heavy atom. The van der Waals surface area contributed by atoms with Gasteiger partial charge in [0.15, 0.2) is 41.8 Å². The van der Waals surface area contributed by atoms with E-state index in [2.05, 4.69) is 146 Å². The molecular formula is C93H108B2Br5ClF3N5O20S4. The number of aliphatic hydroxyl groups excluding tert-OH is 1. The Hall–Kier alpha value is -8.25. The first-order chi connectivity index (χ1) is 63.5. The SMILES string of the molecule is Brc1ccc2c(c1)CSCCN2.COCCl.COCOc1ccc2c(c1)CCCC=C2C(=O)O.COCOc1ccc2c(c1)CCCC=C2OS(=O)(=O)C(F)(F)F.COCOc1ccc2c(c1)CCCCC2=O.Nc1ccc(Br)cc1C(=O)O.Nc1ccc(Br)cc1CO.Nc1ccc(Br)cc1CS.O=C1CCCCc2cc(O)ccc21.O=S1(=O)CCNc2ccc(Br)cc2C1.[B][B].[HH]. The number of aromatic carboxylic acids is 1. The number of phenolic OH excluding ortho intramolecular Hbond substituents is 1. The predicted molar refractivity (Wildman–Crippen MR) is 546 cm³/mol. The molecule has 2 aliphatic heterocycles. The highest BCUT2D eigenvalue weighted by atomic mass is 79.9. The molecule has 0 spiro atoms. The summed E-state index contributed by atoms with van der Waals surface area (Å²) in [6.07, 6.45) is 14.7. The number of ether oxygens (including phenoxy) is 7. The number of allylic oxidation sites excluding steroid dienone is 2. The maximum absolute atomic E-state index is 12.5. The van der Waals surface area contributed by atoms with Gasteiger partial charge in [-0.2, -0.15) is 46.0 Å². The molecule has 4 aliphatic carbocycles. The number of thioether (sulfide) groups is 1. The summed E-state index contributed by atoms with van der Waals surface area (Å²) in [6, 6.07) is 49.1. The number of nitrogens with one attached hydrogen (secondary N) is 2. The summed E-state index contributed by atoms with van der Waals surface area (Å²) in [6.45, 7) is 2.04. The topological polar surface area (TPSA) is 393 Å². The first kappa shape index (κ1) is 115. The van der Waals surface area contributed by atoms with Crippen LogP contribution in [0.4, 0.5) is 41.6 Å². The van der Waals surface area contributed by atoms with Gasteiger partial charge in [-0.15, -0.1) is 0 Å². The number of carbonyl (C=O) groups is 4. The van der Waals surface area contributed by atoms with E-state index in [1.807, 2.05) is 84.6 Å². The molecule has 15 rings (SSSR count). The molecule has 0 unspecified atom stereocenters. The van der Waals surface area contributed by atoms with E-state index in [9.17, 15) is 59.4 Å². The first-order valence-corrected chi connectivity index (χ1v) is 50.6. The molecule has 40 heteroatoms. The van der Waals surface area contributed by atoms with Crippen molar-refractivity contribution in [3.63, 3.8) is 0 Å². The van der Waals surface area contributed by atoms with Gasteiger partial charge in [-0.25, -0.2) is 18.0 Å². The third-order valence-electron chi connectivity index (χ3n) is 19.4. The molecule has 2 heterocycles. The number of phenols is 1. The molecule has 0 aromatic heterocycles. The van der Waals surface area contributed by atoms with Crippen LogP contribution in [0.3, 0.4) is 0 Å². The number of ketones is 2. The number of fused-ring (bicyclic) bond motifs is 6. The quantitative estimate of drug-likeness (QED) is 0.00628. The fraction of sp³-hybridized carbons (Fsp3) is 0.333. The molecule has 0 saturated heterocycles. The van der Waals surface area contributed by atoms with Gasteiger partial charge in [-0.05, 0) is 285 Å². The van der Waals surface area contributed by atoms with Crippen molar-refractivity contribution in [2.45, 2.75) is 119 Å². The zero-order valence-corrected chi connectivity index (χ0v) is 85.4. The van der Waals surface area contributed by atoms with Crippen LogP contribution in [0.5, 0.6) is 23.0 Å². The second kappa shape index (κ2) is 61.1. The van der Waals surface area contributed by atoms with Gasteiger partial charge >= 0.3 is 27.6 Å². The molecule has 718 valence electrons. The van der Waals surface area contributed by atoms with Crippen molar-refractivity contribution >= 4 is 214 Å². The van der Waals surface area contributed by atoms with Crippen molar-refractivity contribution in [1.29, 1.82) is 0 Å². The third-order valence-corrected chi connectivity index (χ3v) is 25.9. The zero-order valence-electron chi connectivity index (χ0n) is 73.4. The van der Waals surface area contributed by atoms with E-state index >= 15 is 0 Å². The molecule has 0 atom stereocenters. The molecule has 6 aliphatic rings. The molecule has 9 aromatic carbocycles. The maximum Gasteiger partial charge on any atom is 0.534 e. The Morgan fingerprint density at radius 3 is 1.44 bits per heavy atom. The number of thiol groups is 1. The number of alkyl halides is 4. The summed E-state index contributed by atoms with van der Waals surface area (Å²) >= 11 is 27.6. The number of rotatable bonds is 16. The van der Waals surface area contributed by atoms with Gasteiger partial charge in [0.2, 0.25) is 0 Å². The molecule has 0 amide bonds. The van der Waals surface area contributed by atoms with Gasteiger partial charge in [0.25, 0.3) is 0 Å². The normalized spacial score (nSPS) is 14.1. The number of aliphatic carboxylic acids is 1. The Bertz CT molecular complexity index is 5550. The van der Waals surface area contributed by atoms with Gasteiger partial charge in [0.05, 0.1) is 29.2 Å². The van der Waals surface area contributed by atoms with E-state index in [1.54, 1.807) is 82.0 Å². The van der Waals surface area contributed by atoms with Crippen LogP contribution in [-0.2, 0) is 97.4 Å². The maximum atomic E-state index is 12.5. The fourth-order valence-electron chi connectivity index (χ4n) is 13.0. The summed E-state index contributed by atoms with van der Waals surface area (Å²) in [7, 11) is 5.53. The number of aromatic hydroxyl groups is 1. The zero-order chi connectivity index (χ0) is 98.2. The van der Waals surface area contributed by atoms with E-state index in [0.29, 0.717) is 88.8 Å². The van der Waals surface area contributed by atoms with Crippen molar-refractivity contribution in [2.75, 3.05) is 107 Å². The Morgan fingerprint density at radius 1 is 0.534 bits per heavy atom. The van der Waals surface area contributed by atoms with Crippen LogP contribution in [-0.4, -0.2) is 161 Å². The number of carbonyl (C=O) groups excluding carboxylic acids is 2. The van der Waals surface area contributed by atoms with Crippen LogP contribution in [0.2, 0.25) is 0 Å². The minimum atomic E-state index is -5.70. The van der Waals surface area contributed by atoms with Gasteiger partial charge in [-0.3, -0.25) is 9.59 Å². The molecule has 4 radical (unpaired) electrons. The van der Waals surface area contributed by atoms with Crippen molar-refractivity contribution in [3.05, 3.63) is 271 Å². The fourth-order valence-corrected chi connectivity index (χ4v) is 17.8. The highest BCUT2D eigenvalue weighted by Gasteiger charge is 2.49. The number of anilines is 5. The molecule has 133 heavy (non-hydrogen) atoms. The van der Waals surface area contributed by atoms with E-state index < -0.39 is 37.4 Å². The van der Waals surface area contributed by atoms with E-state index in [0.717, 1.165) is 151 Å². The van der Waals surface area contributed by atoms with Crippen molar-refractivity contribution in [1.82, 2.24) is 0 Å². The Kier molecular flexibility index (Phi) is 52.9. The van der Waals surface area contributed by atoms with Gasteiger partial charge in [0, 0.05) is 162 Å². The van der Waals surface area contributed by atoms with E-state index in [-0.39, 0.29) is 74.2 Å². The lowest BCUT2D eigenvalue weighted by Crippen LogP contribution is -2.25. The lowest BCUT2D eigenvalue weighted by atomic mass is 9.81. The van der Waals surface area contributed by atoms with Crippen molar-refractivity contribution in [2.24, 2.45) is 0 Å². The summed E-state index contributed by atoms with van der Waals surface area (Å²) in [5, 5.41) is 42.3. The molecule has 9 aromatic rings. The number of carboxylic acid groups (broad SMARTS) is 2. The Labute approximate surface area is 835 Å². The Balaban J connectivity index is 0.000000316. The first-order valence-electron chi connectivity index (χ1n) is 41.0. The van der Waals surface area contributed by atoms with Crippen LogP contribution in [0.15, 0.2) is 198 Å². The van der Waals surface area contributed by atoms with Gasteiger partial charge in [0.1, 0.15) is 34.8 Å². The average molecular weight is 2260 g/mol. The van der Waals surface area contributed by atoms with Crippen LogP contribution in [0, 0.1) is 0 Å². The number of benzene rings is 9. The number of carboxylic acids is 2. The monoisotopic (exact) mass is 2250 g/mol. The summed E-state index contributed by atoms with van der Waals surface area (Å²) in [5.41, 5.74) is 26.1. The number of hydrogen-bond donors (Lipinski definition) is 10. The number of methoxy groups -OCH3 is 4. The standard InChI is InChI=1S/C14H15F3O5S.C14H16O4.C13H16O3.C11H12O2.C9H10BrNO2S.C9H10BrNS.C7H6BrNO2.C7H8BrNO.C7H8BrNS.C2H5ClO.B2.H2/c1-20-9-21-11-6-7-12-10(8-11)4-2-3-5-13(12)22-23(18,19)14(15,16)17;1-17-9-18-11-6-7-12-10(8-11)4-2-3-5-13(12)14(15)16;1-15-9-16-11-6-7-12-10(8-11)4-2-3-5-13(12)14;12-9-5-6-10-8(7-9)3-1-2-4-11(10)13;10-8-1-2-9-7(5-8)6-14(12,13)4-3-11-9;10-8-1-2-9-7(5-8)6-12-4-3-11-9;8-4-1-2-6(9)5(3-4)7(10)11;2*8-6-1-2-7(9)5(3-6)4-10;1-4-2-3;1-2;/h5-8H,2-4,9H2,1H3;5-8H,2-4,9H2,1H3,(H,15,16);6-8H,2-5,9H2,1H3;5-7,12H,1-4H2;1-2,5,11H,3-4,6H2;1-2,5,11H,3-4,6H2;1-3H,9H2,(H,10,11);2*1-3,10H,4,9H2;2H2,1H3;;1H. The number of aliphatic hydroxyl groups is 1. The average Bonchev–Trinajstić information content (AvgIpc) is 1.23. The minimum absolute atomic E-state index is 0. The second-order valence-corrected chi connectivity index (χ2v) is 38.9. The van der Waals surface area contributed by atoms with Crippen LogP contribution >= 0.6 is 116 Å². The largest absolute Gasteiger partial charge is 0.534 e. The highest BCUT2D eigenvalue weighted by molar-refractivity contribution is 9.11. The lowest BCUT2D eigenvalue weighted by molar-refractivity contribution is -0.130. The number of nitrogens with two attached hydrogens (primary N) is 3. The van der Waals surface area contributed by atoms with Gasteiger partial charge in [-0.1, -0.05) is 103 Å². The number of Topliss-reactive ketones (excluding diaryl/α,β-unsaturated/α-hetero) is 2. The van der Waals surface area contributed by atoms with Crippen LogP contribution < -0.4 is 42.0 Å². The number of halogens is 9. The summed E-state index contributed by atoms with van der Waals surface area (Å²) in [5.74, 6) is 3.85. The lowest BCUT2D eigenvalue weighted by Gasteiger charge is -2.15. The molecule has 0 saturated carbocycles. The minimum Gasteiger partial charge on any atom is -0.508 e. The second-order valence-electron chi connectivity index (χ2n) is 29.0.